The van der Waals surface area contributed by atoms with Gasteiger partial charge in [-0.25, -0.2) is 0 Å². The monoisotopic (exact) mass is 393 g/mol. The van der Waals surface area contributed by atoms with Crippen LogP contribution >= 0.6 is 0 Å². The lowest BCUT2D eigenvalue weighted by Crippen LogP contribution is -2.75. The van der Waals surface area contributed by atoms with Crippen molar-refractivity contribution in [3.05, 3.63) is 0 Å². The van der Waals surface area contributed by atoms with E-state index in [1.54, 1.807) is 7.11 Å². The van der Waals surface area contributed by atoms with Crippen LogP contribution in [0.3, 0.4) is 0 Å². The number of piperidine rings is 1. The fraction of sp³-hybridized carbons (Fsp3) is 1.00. The van der Waals surface area contributed by atoms with Crippen molar-refractivity contribution in [1.29, 1.82) is 0 Å². The van der Waals surface area contributed by atoms with Gasteiger partial charge in [-0.15, -0.1) is 0 Å². The van der Waals surface area contributed by atoms with Crippen molar-refractivity contribution in [1.82, 2.24) is 4.90 Å². The van der Waals surface area contributed by atoms with E-state index in [0.29, 0.717) is 24.7 Å². The molecule has 0 aromatic heterocycles. The van der Waals surface area contributed by atoms with E-state index in [1.165, 1.54) is 6.42 Å². The van der Waals surface area contributed by atoms with Gasteiger partial charge in [0, 0.05) is 50.5 Å². The van der Waals surface area contributed by atoms with Crippen molar-refractivity contribution in [2.24, 2.45) is 35.0 Å². The third kappa shape index (κ3) is 1.69. The van der Waals surface area contributed by atoms with E-state index >= 15 is 0 Å². The van der Waals surface area contributed by atoms with Crippen LogP contribution in [0.1, 0.15) is 39.0 Å². The fourth-order valence-corrected chi connectivity index (χ4v) is 9.94. The summed E-state index contributed by atoms with van der Waals surface area (Å²) in [6.45, 7) is 4.33. The summed E-state index contributed by atoms with van der Waals surface area (Å²) in [7, 11) is 3.44. The lowest BCUT2D eigenvalue weighted by molar-refractivity contribution is -0.272. The molecule has 5 saturated carbocycles. The van der Waals surface area contributed by atoms with Crippen LogP contribution in [0.4, 0.5) is 0 Å². The lowest BCUT2D eigenvalue weighted by Gasteiger charge is -2.66. The number of methoxy groups -OCH3 is 2. The topological polar surface area (TPSA) is 82.4 Å². The van der Waals surface area contributed by atoms with Gasteiger partial charge in [0.05, 0.1) is 23.9 Å². The van der Waals surface area contributed by atoms with Crippen molar-refractivity contribution in [2.45, 2.75) is 74.6 Å². The molecule has 6 nitrogen and oxygen atoms in total. The predicted molar refractivity (Wildman–Crippen MR) is 102 cm³/mol. The highest BCUT2D eigenvalue weighted by Crippen LogP contribution is 2.77. The second kappa shape index (κ2) is 5.51. The zero-order chi connectivity index (χ0) is 19.6. The van der Waals surface area contributed by atoms with Crippen molar-refractivity contribution in [3.63, 3.8) is 0 Å². The van der Waals surface area contributed by atoms with Crippen molar-refractivity contribution < 1.29 is 24.8 Å². The highest BCUT2D eigenvalue weighted by Gasteiger charge is 2.84. The van der Waals surface area contributed by atoms with Gasteiger partial charge in [-0.1, -0.05) is 6.92 Å². The Hall–Kier alpha value is -0.240. The molecule has 7 bridgehead atoms. The van der Waals surface area contributed by atoms with Gasteiger partial charge in [-0.3, -0.25) is 4.90 Å². The number of hydrogen-bond acceptors (Lipinski definition) is 6. The molecule has 0 radical (unpaired) electrons. The fourth-order valence-electron chi connectivity index (χ4n) is 9.94. The number of aliphatic hydroxyl groups excluding tert-OH is 1. The van der Waals surface area contributed by atoms with Crippen LogP contribution in [-0.2, 0) is 9.47 Å². The number of fused-ring (bicyclic) bond motifs is 2. The Morgan fingerprint density at radius 3 is 2.39 bits per heavy atom. The Morgan fingerprint density at radius 2 is 1.71 bits per heavy atom. The Bertz CT molecular complexity index is 690. The van der Waals surface area contributed by atoms with Crippen molar-refractivity contribution in [2.75, 3.05) is 27.3 Å². The Morgan fingerprint density at radius 1 is 0.964 bits per heavy atom. The maximum atomic E-state index is 12.2. The molecule has 1 aliphatic heterocycles. The molecular weight excluding hydrogens is 358 g/mol. The molecular formula is C22H35NO5. The number of aliphatic hydroxyl groups is 3. The minimum Gasteiger partial charge on any atom is -0.390 e. The van der Waals surface area contributed by atoms with Gasteiger partial charge in [0.2, 0.25) is 0 Å². The molecule has 0 aromatic carbocycles. The molecule has 3 N–H and O–H groups in total. The molecule has 6 heteroatoms. The Labute approximate surface area is 167 Å². The smallest absolute Gasteiger partial charge is 0.117 e. The van der Waals surface area contributed by atoms with E-state index in [9.17, 15) is 15.3 Å². The molecule has 1 spiro atoms. The lowest BCUT2D eigenvalue weighted by atomic mass is 9.46. The summed E-state index contributed by atoms with van der Waals surface area (Å²) in [5.41, 5.74) is -2.30. The molecule has 6 aliphatic rings. The minimum absolute atomic E-state index is 0.0679. The average Bonchev–Trinajstić information content (AvgIpc) is 3.04. The third-order valence-electron chi connectivity index (χ3n) is 10.6. The molecule has 28 heavy (non-hydrogen) atoms. The molecule has 12 atom stereocenters. The SMILES string of the molecule is CCN1CC2CCC(OC)C34C2CC(C13)C1(O)CC(OC)C2(O)CC4C1C2O. The zero-order valence-corrected chi connectivity index (χ0v) is 17.3. The van der Waals surface area contributed by atoms with Crippen LogP contribution in [0.5, 0.6) is 0 Å². The maximum Gasteiger partial charge on any atom is 0.117 e. The quantitative estimate of drug-likeness (QED) is 0.653. The largest absolute Gasteiger partial charge is 0.390 e. The van der Waals surface area contributed by atoms with Crippen LogP contribution in [-0.4, -0.2) is 83.1 Å². The third-order valence-corrected chi connectivity index (χ3v) is 10.6. The molecule has 158 valence electrons. The second-order valence-corrected chi connectivity index (χ2v) is 10.7. The van der Waals surface area contributed by atoms with E-state index in [4.69, 9.17) is 9.47 Å². The zero-order valence-electron chi connectivity index (χ0n) is 17.3. The number of nitrogens with zero attached hydrogens (tertiary/aromatic N) is 1. The number of likely N-dealkylation sites (tertiary alicyclic amines) is 1. The Balaban J connectivity index is 1.59. The Kier molecular flexibility index (Phi) is 3.65. The summed E-state index contributed by atoms with van der Waals surface area (Å²) in [5, 5.41) is 35.0. The van der Waals surface area contributed by atoms with E-state index in [0.717, 1.165) is 25.9 Å². The predicted octanol–water partition coefficient (Wildman–Crippen LogP) is 0.630. The van der Waals surface area contributed by atoms with Gasteiger partial charge in [-0.05, 0) is 50.0 Å². The van der Waals surface area contributed by atoms with Crippen LogP contribution in [0, 0.1) is 35.0 Å². The highest BCUT2D eigenvalue weighted by molar-refractivity contribution is 5.34. The van der Waals surface area contributed by atoms with Gasteiger partial charge in [0.25, 0.3) is 0 Å². The summed E-state index contributed by atoms with van der Waals surface area (Å²) in [4.78, 5) is 2.61. The molecule has 0 aromatic rings. The summed E-state index contributed by atoms with van der Waals surface area (Å²) < 4.78 is 11.9. The number of hydrogen-bond donors (Lipinski definition) is 3. The first-order valence-corrected chi connectivity index (χ1v) is 11.3. The summed E-state index contributed by atoms with van der Waals surface area (Å²) in [5.74, 6) is 1.09. The number of rotatable bonds is 3. The second-order valence-electron chi connectivity index (χ2n) is 10.7. The van der Waals surface area contributed by atoms with Crippen LogP contribution in [0.15, 0.2) is 0 Å². The van der Waals surface area contributed by atoms with Crippen LogP contribution in [0.2, 0.25) is 0 Å². The van der Waals surface area contributed by atoms with E-state index < -0.39 is 23.4 Å². The standard InChI is InChI=1S/C22H35NO5/c1-4-23-10-11-5-6-15(27-2)22-12(11)7-13(18(22)23)20(25)9-16(28-3)21(26)8-14(22)17(20)19(21)24/h11-19,24-26H,4-10H2,1-3H3. The van der Waals surface area contributed by atoms with E-state index in [-0.39, 0.29) is 35.3 Å². The molecule has 0 amide bonds. The molecule has 12 unspecified atom stereocenters. The summed E-state index contributed by atoms with van der Waals surface area (Å²) in [6.07, 6.45) is 2.92. The van der Waals surface area contributed by atoms with Crippen LogP contribution < -0.4 is 0 Å². The number of ether oxygens (including phenoxy) is 2. The minimum atomic E-state index is -1.26. The summed E-state index contributed by atoms with van der Waals surface area (Å²) >= 11 is 0. The highest BCUT2D eigenvalue weighted by atomic mass is 16.5. The van der Waals surface area contributed by atoms with Gasteiger partial charge in [-0.2, -0.15) is 0 Å². The van der Waals surface area contributed by atoms with Gasteiger partial charge in [0.15, 0.2) is 0 Å². The molecule has 1 heterocycles. The van der Waals surface area contributed by atoms with Gasteiger partial charge in [0.1, 0.15) is 5.60 Å². The van der Waals surface area contributed by atoms with Crippen molar-refractivity contribution >= 4 is 0 Å². The first-order chi connectivity index (χ1) is 13.4. The van der Waals surface area contributed by atoms with Crippen LogP contribution in [0.25, 0.3) is 0 Å². The molecule has 5 aliphatic carbocycles. The first kappa shape index (κ1) is 18.5. The van der Waals surface area contributed by atoms with Gasteiger partial charge < -0.3 is 24.8 Å². The first-order valence-electron chi connectivity index (χ1n) is 11.3. The molecule has 6 fully saturated rings. The normalized spacial score (nSPS) is 64.3. The van der Waals surface area contributed by atoms with Gasteiger partial charge >= 0.3 is 0 Å². The van der Waals surface area contributed by atoms with E-state index in [1.807, 2.05) is 7.11 Å². The van der Waals surface area contributed by atoms with E-state index in [2.05, 4.69) is 11.8 Å². The average molecular weight is 394 g/mol. The summed E-state index contributed by atoms with van der Waals surface area (Å²) in [6, 6.07) is 0.278. The molecule has 1 saturated heterocycles. The molecule has 6 rings (SSSR count). The maximum absolute atomic E-state index is 12.2. The van der Waals surface area contributed by atoms with Crippen molar-refractivity contribution in [3.8, 4) is 0 Å².